The fraction of sp³-hybridized carbons (Fsp3) is 0.125. The van der Waals surface area contributed by atoms with Gasteiger partial charge in [-0.15, -0.1) is 0 Å². The third-order valence-electron chi connectivity index (χ3n) is 2.91. The maximum Gasteiger partial charge on any atom is 0.404 e. The minimum Gasteiger partial charge on any atom is -0.360 e. The van der Waals surface area contributed by atoms with Gasteiger partial charge in [0.1, 0.15) is 0 Å². The number of rotatable bonds is 4. The Morgan fingerprint density at radius 2 is 1.60 bits per heavy atom. The van der Waals surface area contributed by atoms with Gasteiger partial charge in [0.05, 0.1) is 4.90 Å². The number of benzene rings is 1. The summed E-state index contributed by atoms with van der Waals surface area (Å²) in [6.07, 6.45) is 2.84. The molecule has 0 atom stereocenters. The number of aryl methyl sites for hydroxylation is 1. The van der Waals surface area contributed by atoms with Crippen molar-refractivity contribution in [2.45, 2.75) is 18.7 Å². The summed E-state index contributed by atoms with van der Waals surface area (Å²) >= 11 is 0. The van der Waals surface area contributed by atoms with E-state index < -0.39 is 27.4 Å². The molecule has 9 heteroatoms. The molecular weight excluding hydrogens is 346 g/mol. The van der Waals surface area contributed by atoms with Crippen molar-refractivity contribution in [3.63, 3.8) is 0 Å². The molecule has 130 valence electrons. The van der Waals surface area contributed by atoms with Gasteiger partial charge in [-0.3, -0.25) is 19.1 Å². The summed E-state index contributed by atoms with van der Waals surface area (Å²) in [5.41, 5.74) is 9.21. The molecule has 0 aliphatic heterocycles. The van der Waals surface area contributed by atoms with E-state index in [1.165, 1.54) is 36.7 Å². The van der Waals surface area contributed by atoms with Crippen molar-refractivity contribution in [3.05, 3.63) is 65.4 Å². The lowest BCUT2D eigenvalue weighted by atomic mass is 10.1. The second-order valence-electron chi connectivity index (χ2n) is 4.86. The predicted octanol–water partition coefficient (Wildman–Crippen LogP) is 1.77. The van der Waals surface area contributed by atoms with E-state index in [0.717, 1.165) is 12.5 Å². The first kappa shape index (κ1) is 20.0. The molecule has 0 bridgehead atoms. The van der Waals surface area contributed by atoms with E-state index in [9.17, 15) is 18.0 Å². The van der Waals surface area contributed by atoms with Gasteiger partial charge in [-0.05, 0) is 31.2 Å². The zero-order valence-electron chi connectivity index (χ0n) is 13.4. The Morgan fingerprint density at radius 1 is 1.08 bits per heavy atom. The molecule has 0 spiro atoms. The number of hydrogen-bond acceptors (Lipinski definition) is 5. The first-order valence-corrected chi connectivity index (χ1v) is 8.32. The van der Waals surface area contributed by atoms with Gasteiger partial charge < -0.3 is 5.53 Å². The van der Waals surface area contributed by atoms with Crippen LogP contribution in [-0.2, 0) is 14.9 Å². The third kappa shape index (κ3) is 6.19. The first-order valence-electron chi connectivity index (χ1n) is 6.88. The first-order chi connectivity index (χ1) is 11.7. The smallest absolute Gasteiger partial charge is 0.360 e. The maximum atomic E-state index is 11.5. The molecule has 1 N–H and O–H groups in total. The lowest BCUT2D eigenvalue weighted by molar-refractivity contribution is -0.115. The Kier molecular flexibility index (Phi) is 7.01. The minimum absolute atomic E-state index is 0.0666. The van der Waals surface area contributed by atoms with Crippen LogP contribution in [0, 0.1) is 6.92 Å². The van der Waals surface area contributed by atoms with E-state index >= 15 is 0 Å². The van der Waals surface area contributed by atoms with Crippen molar-refractivity contribution in [2.24, 2.45) is 0 Å². The molecule has 25 heavy (non-hydrogen) atoms. The molecule has 2 rings (SSSR count). The number of Topliss-reactive ketones (excluding diaryl/α,β-unsaturated/α-hetero) is 2. The lowest BCUT2D eigenvalue weighted by Gasteiger charge is -1.95. The number of aromatic nitrogens is 1. The highest BCUT2D eigenvalue weighted by Gasteiger charge is 2.26. The van der Waals surface area contributed by atoms with Gasteiger partial charge in [0, 0.05) is 24.9 Å². The molecule has 0 amide bonds. The second kappa shape index (κ2) is 8.74. The zero-order chi connectivity index (χ0) is 19.0. The highest BCUT2D eigenvalue weighted by molar-refractivity contribution is 7.85. The molecule has 0 fully saturated rings. The van der Waals surface area contributed by atoms with E-state index in [-0.39, 0.29) is 10.5 Å². The zero-order valence-corrected chi connectivity index (χ0v) is 14.3. The molecule has 0 aliphatic carbocycles. The second-order valence-corrected chi connectivity index (χ2v) is 6.28. The third-order valence-corrected chi connectivity index (χ3v) is 3.78. The van der Waals surface area contributed by atoms with E-state index in [1.807, 2.05) is 6.92 Å². The van der Waals surface area contributed by atoms with Gasteiger partial charge in [-0.25, -0.2) is 0 Å². The standard InChI is InChI=1S/C9H7N3O2.C7H8O3S/c1-6(13)8(12-10)9(14)7-2-4-11-5-3-7;1-6-2-4-7(5-3-6)11(8,9)10/h2-5H,1H3;2-5H,1H3,(H,8,9,10). The van der Waals surface area contributed by atoms with E-state index in [1.54, 1.807) is 12.1 Å². The molecular formula is C16H15N3O5S. The number of ketones is 2. The van der Waals surface area contributed by atoms with Crippen LogP contribution in [0.4, 0.5) is 0 Å². The van der Waals surface area contributed by atoms with Crippen molar-refractivity contribution in [1.82, 2.24) is 4.98 Å². The van der Waals surface area contributed by atoms with Crippen LogP contribution in [0.5, 0.6) is 0 Å². The summed E-state index contributed by atoms with van der Waals surface area (Å²) in [5.74, 6) is -1.18. The van der Waals surface area contributed by atoms with Crippen LogP contribution >= 0.6 is 0 Å². The number of pyridine rings is 1. The number of carbonyl (C=O) groups excluding carboxylic acids is 2. The minimum atomic E-state index is -4.02. The van der Waals surface area contributed by atoms with E-state index in [4.69, 9.17) is 10.1 Å². The van der Waals surface area contributed by atoms with Crippen LogP contribution in [-0.4, -0.2) is 40.0 Å². The molecule has 2 aromatic rings. The molecule has 0 saturated carbocycles. The summed E-state index contributed by atoms with van der Waals surface area (Å²) < 4.78 is 29.6. The maximum absolute atomic E-state index is 11.5. The fourth-order valence-corrected chi connectivity index (χ4v) is 2.11. The predicted molar refractivity (Wildman–Crippen MR) is 88.9 cm³/mol. The highest BCUT2D eigenvalue weighted by Crippen LogP contribution is 2.08. The molecule has 0 saturated heterocycles. The van der Waals surface area contributed by atoms with Crippen LogP contribution in [0.3, 0.4) is 0 Å². The van der Waals surface area contributed by atoms with Gasteiger partial charge in [-0.2, -0.15) is 13.2 Å². The Bertz CT molecular complexity index is 916. The average Bonchev–Trinajstić information content (AvgIpc) is 2.56. The highest BCUT2D eigenvalue weighted by atomic mass is 32.2. The number of nitrogens with zero attached hydrogens (tertiary/aromatic N) is 3. The van der Waals surface area contributed by atoms with E-state index in [0.29, 0.717) is 0 Å². The lowest BCUT2D eigenvalue weighted by Crippen LogP contribution is -2.23. The van der Waals surface area contributed by atoms with Crippen LogP contribution in [0.2, 0.25) is 0 Å². The summed E-state index contributed by atoms with van der Waals surface area (Å²) in [6, 6.07) is 8.87. The SMILES string of the molecule is CC(=O)C(=[N+]=[N-])C(=O)c1ccncc1.Cc1ccc(S(=O)(=O)O)cc1. The summed E-state index contributed by atoms with van der Waals surface area (Å²) in [7, 11) is -4.02. The van der Waals surface area contributed by atoms with Crippen LogP contribution in [0.1, 0.15) is 22.8 Å². The summed E-state index contributed by atoms with van der Waals surface area (Å²) in [5, 5.41) is 0. The molecule has 1 heterocycles. The quantitative estimate of drug-likeness (QED) is 0.220. The topological polar surface area (TPSA) is 138 Å². The number of hydrogen-bond donors (Lipinski definition) is 1. The Balaban J connectivity index is 0.000000257. The molecule has 8 nitrogen and oxygen atoms in total. The van der Waals surface area contributed by atoms with Crippen LogP contribution in [0.15, 0.2) is 53.7 Å². The Labute approximate surface area is 144 Å². The Hall–Kier alpha value is -3.00. The van der Waals surface area contributed by atoms with Crippen molar-refractivity contribution in [3.8, 4) is 0 Å². The van der Waals surface area contributed by atoms with Crippen molar-refractivity contribution in [1.29, 1.82) is 0 Å². The summed E-state index contributed by atoms with van der Waals surface area (Å²) in [6.45, 7) is 3.00. The van der Waals surface area contributed by atoms with E-state index in [2.05, 4.69) is 9.77 Å². The normalized spacial score (nSPS) is 10.0. The van der Waals surface area contributed by atoms with Crippen molar-refractivity contribution in [2.75, 3.05) is 0 Å². The summed E-state index contributed by atoms with van der Waals surface area (Å²) in [4.78, 5) is 28.7. The van der Waals surface area contributed by atoms with Gasteiger partial charge in [0.15, 0.2) is 0 Å². The van der Waals surface area contributed by atoms with Gasteiger partial charge >= 0.3 is 5.71 Å². The molecule has 0 aliphatic rings. The molecule has 0 unspecified atom stereocenters. The Morgan fingerprint density at radius 3 is 2.00 bits per heavy atom. The molecule has 1 aromatic heterocycles. The average molecular weight is 361 g/mol. The number of carbonyl (C=O) groups is 2. The van der Waals surface area contributed by atoms with Gasteiger partial charge in [-0.1, -0.05) is 17.7 Å². The van der Waals surface area contributed by atoms with Crippen LogP contribution < -0.4 is 0 Å². The molecule has 1 aromatic carbocycles. The van der Waals surface area contributed by atoms with Crippen LogP contribution in [0.25, 0.3) is 5.53 Å². The van der Waals surface area contributed by atoms with Gasteiger partial charge in [0.25, 0.3) is 15.9 Å². The van der Waals surface area contributed by atoms with Crippen molar-refractivity contribution < 1.29 is 27.3 Å². The van der Waals surface area contributed by atoms with Gasteiger partial charge in [0.2, 0.25) is 5.78 Å². The monoisotopic (exact) mass is 361 g/mol. The largest absolute Gasteiger partial charge is 0.404 e. The van der Waals surface area contributed by atoms with Crippen molar-refractivity contribution >= 4 is 27.4 Å². The molecule has 0 radical (unpaired) electrons. The fourth-order valence-electron chi connectivity index (χ4n) is 1.63.